The Balaban J connectivity index is 1.63. The second kappa shape index (κ2) is 11.4. The highest BCUT2D eigenvalue weighted by Gasteiger charge is 2.26. The highest BCUT2D eigenvalue weighted by Crippen LogP contribution is 2.38. The van der Waals surface area contributed by atoms with Crippen molar-refractivity contribution in [1.82, 2.24) is 0 Å². The molecule has 0 amide bonds. The number of aryl methyl sites for hydroxylation is 1. The van der Waals surface area contributed by atoms with E-state index in [0.29, 0.717) is 5.56 Å². The fourth-order valence-corrected chi connectivity index (χ4v) is 4.66. The molecule has 1 aliphatic rings. The van der Waals surface area contributed by atoms with Gasteiger partial charge in [-0.1, -0.05) is 58.1 Å². The van der Waals surface area contributed by atoms with Crippen molar-refractivity contribution in [3.05, 3.63) is 64.7 Å². The van der Waals surface area contributed by atoms with Crippen LogP contribution in [0, 0.1) is 17.6 Å². The molecule has 2 aromatic carbocycles. The number of ether oxygens (including phenoxy) is 1. The van der Waals surface area contributed by atoms with Crippen LogP contribution >= 0.6 is 0 Å². The normalized spacial score (nSPS) is 18.7. The van der Waals surface area contributed by atoms with E-state index in [4.69, 9.17) is 4.74 Å². The molecule has 168 valence electrons. The number of benzene rings is 2. The molecule has 0 heterocycles. The van der Waals surface area contributed by atoms with Crippen LogP contribution in [0.5, 0.6) is 5.75 Å². The molecule has 0 aliphatic heterocycles. The number of carbonyl (C=O) groups is 1. The number of rotatable bonds is 9. The Hall–Kier alpha value is -2.23. The van der Waals surface area contributed by atoms with E-state index in [1.807, 2.05) is 12.1 Å². The molecule has 2 aromatic rings. The summed E-state index contributed by atoms with van der Waals surface area (Å²) in [7, 11) is 0. The molecule has 0 N–H and O–H groups in total. The van der Waals surface area contributed by atoms with E-state index in [1.54, 1.807) is 12.1 Å². The average molecular weight is 429 g/mol. The summed E-state index contributed by atoms with van der Waals surface area (Å²) in [6.45, 7) is 4.30. The maximum Gasteiger partial charge on any atom is 0.349 e. The first-order chi connectivity index (χ1) is 15.0. The van der Waals surface area contributed by atoms with Crippen molar-refractivity contribution < 1.29 is 18.3 Å². The van der Waals surface area contributed by atoms with Crippen molar-refractivity contribution >= 4 is 5.97 Å². The summed E-state index contributed by atoms with van der Waals surface area (Å²) in [5, 5.41) is 0. The molecule has 1 saturated carbocycles. The minimum Gasteiger partial charge on any atom is -0.423 e. The van der Waals surface area contributed by atoms with Crippen molar-refractivity contribution in [1.29, 1.82) is 0 Å². The van der Waals surface area contributed by atoms with Crippen LogP contribution in [0.2, 0.25) is 0 Å². The van der Waals surface area contributed by atoms with Crippen molar-refractivity contribution in [2.24, 2.45) is 5.92 Å². The lowest BCUT2D eigenvalue weighted by molar-refractivity contribution is 0.0724. The molecule has 2 nitrogen and oxygen atoms in total. The molecule has 31 heavy (non-hydrogen) atoms. The standard InChI is InChI=1S/C27H34F2O2/c1-3-5-6-8-20-9-13-21(14-10-20)22-17-24(28)26(25(29)18-22)27(30)31-23-15-11-19(7-4-2)12-16-23/h11-12,15-18,20-21H,3-10,13-14H2,1-2H3. The van der Waals surface area contributed by atoms with E-state index in [2.05, 4.69) is 13.8 Å². The molecule has 1 fully saturated rings. The zero-order chi connectivity index (χ0) is 22.2. The van der Waals surface area contributed by atoms with Crippen molar-refractivity contribution in [3.63, 3.8) is 0 Å². The molecule has 0 spiro atoms. The summed E-state index contributed by atoms with van der Waals surface area (Å²) >= 11 is 0. The first kappa shape index (κ1) is 23.4. The summed E-state index contributed by atoms with van der Waals surface area (Å²) < 4.78 is 34.7. The van der Waals surface area contributed by atoms with E-state index in [-0.39, 0.29) is 11.7 Å². The van der Waals surface area contributed by atoms with Crippen LogP contribution in [0.3, 0.4) is 0 Å². The summed E-state index contributed by atoms with van der Waals surface area (Å²) in [4.78, 5) is 12.4. The Kier molecular flexibility index (Phi) is 8.62. The highest BCUT2D eigenvalue weighted by molar-refractivity contribution is 5.91. The van der Waals surface area contributed by atoms with E-state index in [0.717, 1.165) is 50.0 Å². The number of esters is 1. The van der Waals surface area contributed by atoms with Crippen LogP contribution in [-0.2, 0) is 6.42 Å². The lowest BCUT2D eigenvalue weighted by Crippen LogP contribution is -2.16. The Bertz CT molecular complexity index is 829. The van der Waals surface area contributed by atoms with E-state index < -0.39 is 23.2 Å². The molecule has 0 saturated heterocycles. The fraction of sp³-hybridized carbons (Fsp3) is 0.519. The maximum absolute atomic E-state index is 14.7. The second-order valence-electron chi connectivity index (χ2n) is 8.86. The van der Waals surface area contributed by atoms with Crippen LogP contribution in [0.4, 0.5) is 8.78 Å². The molecular formula is C27H34F2O2. The van der Waals surface area contributed by atoms with Gasteiger partial charge in [0.05, 0.1) is 0 Å². The molecule has 4 heteroatoms. The predicted molar refractivity (Wildman–Crippen MR) is 121 cm³/mol. The van der Waals surface area contributed by atoms with E-state index in [1.165, 1.54) is 37.8 Å². The molecule has 1 aliphatic carbocycles. The van der Waals surface area contributed by atoms with Crippen LogP contribution in [0.1, 0.15) is 99.0 Å². The molecule has 0 unspecified atom stereocenters. The Morgan fingerprint density at radius 3 is 2.16 bits per heavy atom. The topological polar surface area (TPSA) is 26.3 Å². The average Bonchev–Trinajstić information content (AvgIpc) is 2.75. The highest BCUT2D eigenvalue weighted by atomic mass is 19.1. The number of hydrogen-bond acceptors (Lipinski definition) is 2. The van der Waals surface area contributed by atoms with Gasteiger partial charge in [-0.25, -0.2) is 13.6 Å². The van der Waals surface area contributed by atoms with Gasteiger partial charge in [-0.3, -0.25) is 0 Å². The fourth-order valence-electron chi connectivity index (χ4n) is 4.66. The van der Waals surface area contributed by atoms with Gasteiger partial charge in [0.1, 0.15) is 22.9 Å². The summed E-state index contributed by atoms with van der Waals surface area (Å²) in [6.07, 6.45) is 11.1. The third-order valence-electron chi connectivity index (χ3n) is 6.48. The minimum atomic E-state index is -0.996. The molecule has 3 rings (SSSR count). The molecule has 0 radical (unpaired) electrons. The monoisotopic (exact) mass is 428 g/mol. The van der Waals surface area contributed by atoms with Crippen LogP contribution < -0.4 is 4.74 Å². The summed E-state index contributed by atoms with van der Waals surface area (Å²) in [6, 6.07) is 9.69. The van der Waals surface area contributed by atoms with Gasteiger partial charge < -0.3 is 4.74 Å². The van der Waals surface area contributed by atoms with Gasteiger partial charge in [0.25, 0.3) is 0 Å². The van der Waals surface area contributed by atoms with Gasteiger partial charge in [-0.2, -0.15) is 0 Å². The van der Waals surface area contributed by atoms with E-state index in [9.17, 15) is 13.6 Å². The van der Waals surface area contributed by atoms with Crippen LogP contribution in [-0.4, -0.2) is 5.97 Å². The minimum absolute atomic E-state index is 0.155. The quantitative estimate of drug-likeness (QED) is 0.230. The third-order valence-corrected chi connectivity index (χ3v) is 6.48. The zero-order valence-corrected chi connectivity index (χ0v) is 18.8. The van der Waals surface area contributed by atoms with Gasteiger partial charge >= 0.3 is 5.97 Å². The van der Waals surface area contributed by atoms with Gasteiger partial charge in [0.2, 0.25) is 0 Å². The largest absolute Gasteiger partial charge is 0.423 e. The number of carbonyl (C=O) groups excluding carboxylic acids is 1. The summed E-state index contributed by atoms with van der Waals surface area (Å²) in [5.41, 5.74) is 1.17. The predicted octanol–water partition coefficient (Wildman–Crippen LogP) is 7.99. The molecule has 0 atom stereocenters. The SMILES string of the molecule is CCCCCC1CCC(c2cc(F)c(C(=O)Oc3ccc(CCC)cc3)c(F)c2)CC1. The van der Waals surface area contributed by atoms with Crippen molar-refractivity contribution in [2.45, 2.75) is 84.0 Å². The van der Waals surface area contributed by atoms with Gasteiger partial charge in [0.15, 0.2) is 0 Å². The third kappa shape index (κ3) is 6.38. The van der Waals surface area contributed by atoms with Crippen LogP contribution in [0.15, 0.2) is 36.4 Å². The smallest absolute Gasteiger partial charge is 0.349 e. The van der Waals surface area contributed by atoms with Gasteiger partial charge in [-0.15, -0.1) is 0 Å². The summed E-state index contributed by atoms with van der Waals surface area (Å²) in [5.74, 6) is -1.50. The molecule has 0 aromatic heterocycles. The molecular weight excluding hydrogens is 394 g/mol. The molecule has 0 bridgehead atoms. The first-order valence-electron chi connectivity index (χ1n) is 11.8. The maximum atomic E-state index is 14.7. The zero-order valence-electron chi connectivity index (χ0n) is 18.8. The lowest BCUT2D eigenvalue weighted by atomic mass is 9.77. The van der Waals surface area contributed by atoms with Gasteiger partial charge in [0, 0.05) is 0 Å². The first-order valence-corrected chi connectivity index (χ1v) is 11.8. The van der Waals surface area contributed by atoms with Crippen molar-refractivity contribution in [2.75, 3.05) is 0 Å². The van der Waals surface area contributed by atoms with Crippen molar-refractivity contribution in [3.8, 4) is 5.75 Å². The second-order valence-corrected chi connectivity index (χ2v) is 8.86. The Labute approximate surface area is 185 Å². The van der Waals surface area contributed by atoms with Gasteiger partial charge in [-0.05, 0) is 79.3 Å². The number of hydrogen-bond donors (Lipinski definition) is 0. The number of unbranched alkanes of at least 4 members (excludes halogenated alkanes) is 2. The Morgan fingerprint density at radius 2 is 1.58 bits per heavy atom. The lowest BCUT2D eigenvalue weighted by Gasteiger charge is -2.29. The number of halogens is 2. The van der Waals surface area contributed by atoms with E-state index >= 15 is 0 Å². The Morgan fingerprint density at radius 1 is 0.935 bits per heavy atom. The van der Waals surface area contributed by atoms with Crippen LogP contribution in [0.25, 0.3) is 0 Å².